The number of hydrogen-bond acceptors (Lipinski definition) is 1. The second-order valence-electron chi connectivity index (χ2n) is 5.42. The quantitative estimate of drug-likeness (QED) is 0.692. The molecule has 0 bridgehead atoms. The second-order valence-corrected chi connectivity index (χ2v) is 6.21. The highest BCUT2D eigenvalue weighted by Gasteiger charge is 2.18. The maximum Gasteiger partial charge on any atom is 0.266 e. The van der Waals surface area contributed by atoms with Crippen molar-refractivity contribution in [1.29, 1.82) is 0 Å². The Morgan fingerprint density at radius 3 is 2.79 bits per heavy atom. The van der Waals surface area contributed by atoms with Crippen LogP contribution >= 0.6 is 23.2 Å². The molecule has 1 aromatic heterocycles. The van der Waals surface area contributed by atoms with Crippen LogP contribution in [0.5, 0.6) is 0 Å². The topological polar surface area (TPSA) is 37.9 Å². The van der Waals surface area contributed by atoms with Gasteiger partial charge in [0.15, 0.2) is 17.6 Å². The maximum absolute atomic E-state index is 12.5. The Morgan fingerprint density at radius 2 is 2.04 bits per heavy atom. The number of anilines is 1. The zero-order valence-corrected chi connectivity index (χ0v) is 14.6. The third-order valence-corrected chi connectivity index (χ3v) is 4.59. The molecular weight excluding hydrogens is 345 g/mol. The molecule has 1 heterocycles. The average molecular weight is 361 g/mol. The van der Waals surface area contributed by atoms with Gasteiger partial charge in [0, 0.05) is 0 Å². The summed E-state index contributed by atoms with van der Waals surface area (Å²) in [7, 11) is 0. The number of para-hydroxylation sites is 2. The van der Waals surface area contributed by atoms with Crippen LogP contribution in [0.3, 0.4) is 0 Å². The number of halogens is 2. The van der Waals surface area contributed by atoms with Gasteiger partial charge in [-0.3, -0.25) is 4.79 Å². The molecule has 122 valence electrons. The normalized spacial score (nSPS) is 10.8. The molecule has 0 saturated carbocycles. The van der Waals surface area contributed by atoms with E-state index in [0.717, 1.165) is 16.6 Å². The second kappa shape index (κ2) is 6.67. The molecule has 6 heteroatoms. The predicted octanol–water partition coefficient (Wildman–Crippen LogP) is 4.28. The molecule has 0 aliphatic carbocycles. The van der Waals surface area contributed by atoms with Crippen molar-refractivity contribution in [1.82, 2.24) is 4.57 Å². The Labute approximate surface area is 149 Å². The molecule has 0 atom stereocenters. The van der Waals surface area contributed by atoms with E-state index in [1.165, 1.54) is 0 Å². The molecule has 4 nitrogen and oxygen atoms in total. The molecule has 24 heavy (non-hydrogen) atoms. The van der Waals surface area contributed by atoms with Crippen LogP contribution in [0.1, 0.15) is 5.56 Å². The minimum Gasteiger partial charge on any atom is -0.320 e. The van der Waals surface area contributed by atoms with Crippen molar-refractivity contribution in [2.24, 2.45) is 0 Å². The molecule has 0 radical (unpaired) electrons. The van der Waals surface area contributed by atoms with Crippen LogP contribution in [-0.2, 0) is 11.3 Å². The fraction of sp³-hybridized carbons (Fsp3) is 0.111. The van der Waals surface area contributed by atoms with Crippen LogP contribution < -0.4 is 9.88 Å². The zero-order chi connectivity index (χ0) is 17.3. The van der Waals surface area contributed by atoms with Crippen molar-refractivity contribution in [2.45, 2.75) is 13.5 Å². The first-order valence-electron chi connectivity index (χ1n) is 7.37. The predicted molar refractivity (Wildman–Crippen MR) is 98.3 cm³/mol. The van der Waals surface area contributed by atoms with Crippen LogP contribution in [0.15, 0.2) is 49.3 Å². The van der Waals surface area contributed by atoms with E-state index in [-0.39, 0.29) is 12.5 Å². The zero-order valence-electron chi connectivity index (χ0n) is 13.1. The van der Waals surface area contributed by atoms with Gasteiger partial charge in [-0.05, 0) is 30.7 Å². The summed E-state index contributed by atoms with van der Waals surface area (Å²) in [6, 6.07) is 11.3. The van der Waals surface area contributed by atoms with Gasteiger partial charge in [-0.2, -0.15) is 0 Å². The van der Waals surface area contributed by atoms with E-state index >= 15 is 0 Å². The van der Waals surface area contributed by atoms with Crippen LogP contribution in [0, 0.1) is 6.92 Å². The molecular formula is C18H16Cl2N3O+. The van der Waals surface area contributed by atoms with Gasteiger partial charge in [0.05, 0.1) is 21.9 Å². The highest BCUT2D eigenvalue weighted by molar-refractivity contribution is 6.40. The van der Waals surface area contributed by atoms with E-state index in [1.54, 1.807) is 12.3 Å². The molecule has 3 rings (SSSR count). The molecule has 3 aromatic rings. The molecule has 1 N–H and O–H groups in total. The van der Waals surface area contributed by atoms with E-state index < -0.39 is 0 Å². The van der Waals surface area contributed by atoms with Gasteiger partial charge in [0.2, 0.25) is 6.33 Å². The molecule has 0 spiro atoms. The number of nitrogens with zero attached hydrogens (tertiary/aromatic N) is 2. The van der Waals surface area contributed by atoms with Crippen LogP contribution in [0.4, 0.5) is 5.69 Å². The fourth-order valence-electron chi connectivity index (χ4n) is 2.58. The minimum absolute atomic E-state index is 0.141. The summed E-state index contributed by atoms with van der Waals surface area (Å²) in [4.78, 5) is 12.5. The molecule has 1 amide bonds. The lowest BCUT2D eigenvalue weighted by molar-refractivity contribution is -0.658. The van der Waals surface area contributed by atoms with Gasteiger partial charge < -0.3 is 5.32 Å². The van der Waals surface area contributed by atoms with Crippen LogP contribution in [0.25, 0.3) is 17.2 Å². The summed E-state index contributed by atoms with van der Waals surface area (Å²) in [6.45, 7) is 5.79. The number of benzene rings is 2. The number of imidazole rings is 1. The molecule has 0 saturated heterocycles. The fourth-order valence-corrected chi connectivity index (χ4v) is 3.04. The Hall–Kier alpha value is -2.30. The van der Waals surface area contributed by atoms with Crippen molar-refractivity contribution >= 4 is 52.0 Å². The third kappa shape index (κ3) is 3.03. The average Bonchev–Trinajstić information content (AvgIpc) is 2.93. The highest BCUT2D eigenvalue weighted by atomic mass is 35.5. The summed E-state index contributed by atoms with van der Waals surface area (Å²) in [5.41, 5.74) is 3.21. The van der Waals surface area contributed by atoms with E-state index in [0.29, 0.717) is 15.7 Å². The minimum atomic E-state index is -0.207. The molecule has 0 aliphatic rings. The van der Waals surface area contributed by atoms with Crippen molar-refractivity contribution < 1.29 is 9.36 Å². The maximum atomic E-state index is 12.5. The Morgan fingerprint density at radius 1 is 1.29 bits per heavy atom. The summed E-state index contributed by atoms with van der Waals surface area (Å²) < 4.78 is 3.72. The molecule has 0 fully saturated rings. The molecule has 2 aromatic carbocycles. The first kappa shape index (κ1) is 16.6. The van der Waals surface area contributed by atoms with E-state index in [9.17, 15) is 4.79 Å². The summed E-state index contributed by atoms with van der Waals surface area (Å²) >= 11 is 12.4. The molecule has 0 unspecified atom stereocenters. The number of aryl methyl sites for hydroxylation is 1. The van der Waals surface area contributed by atoms with Crippen molar-refractivity contribution in [2.75, 3.05) is 5.32 Å². The van der Waals surface area contributed by atoms with Gasteiger partial charge in [-0.15, -0.1) is 0 Å². The lowest BCUT2D eigenvalue weighted by Crippen LogP contribution is -2.39. The standard InChI is InChI=1S/C18H15Cl2N3O/c1-3-22-11-23(15-7-5-4-6-14(15)22)10-16(24)21-18-13(19)9-8-12(2)17(18)20/h3-9,11H,1,10H2,2H3/p+1. The lowest BCUT2D eigenvalue weighted by atomic mass is 10.2. The van der Waals surface area contributed by atoms with Gasteiger partial charge >= 0.3 is 0 Å². The summed E-state index contributed by atoms with van der Waals surface area (Å²) in [5, 5.41) is 3.67. The van der Waals surface area contributed by atoms with Crippen molar-refractivity contribution in [3.05, 3.63) is 64.9 Å². The number of carbonyl (C=O) groups is 1. The largest absolute Gasteiger partial charge is 0.320 e. The number of hydrogen-bond donors (Lipinski definition) is 1. The smallest absolute Gasteiger partial charge is 0.266 e. The highest BCUT2D eigenvalue weighted by Crippen LogP contribution is 2.32. The number of carbonyl (C=O) groups excluding carboxylic acids is 1. The summed E-state index contributed by atoms with van der Waals surface area (Å²) in [6.07, 6.45) is 3.53. The SMILES string of the molecule is C=Cn1c[n+](CC(=O)Nc2c(Cl)ccc(C)c2Cl)c2ccccc21. The number of nitrogens with one attached hydrogen (secondary N) is 1. The van der Waals surface area contributed by atoms with Crippen molar-refractivity contribution in [3.8, 4) is 0 Å². The Kier molecular flexibility index (Phi) is 4.60. The number of rotatable bonds is 4. The van der Waals surface area contributed by atoms with Gasteiger partial charge in [0.25, 0.3) is 5.91 Å². The van der Waals surface area contributed by atoms with E-state index in [1.807, 2.05) is 52.7 Å². The van der Waals surface area contributed by atoms with Gasteiger partial charge in [-0.25, -0.2) is 9.13 Å². The van der Waals surface area contributed by atoms with Gasteiger partial charge in [0.1, 0.15) is 0 Å². The van der Waals surface area contributed by atoms with Crippen LogP contribution in [0.2, 0.25) is 10.0 Å². The Bertz CT molecular complexity index is 947. The monoisotopic (exact) mass is 360 g/mol. The van der Waals surface area contributed by atoms with E-state index in [2.05, 4.69) is 11.9 Å². The van der Waals surface area contributed by atoms with Gasteiger partial charge in [-0.1, -0.05) is 48.0 Å². The number of amides is 1. The molecule has 0 aliphatic heterocycles. The van der Waals surface area contributed by atoms with E-state index in [4.69, 9.17) is 23.2 Å². The first-order chi connectivity index (χ1) is 11.5. The number of fused-ring (bicyclic) bond motifs is 1. The third-order valence-electron chi connectivity index (χ3n) is 3.79. The Balaban J connectivity index is 1.89. The van der Waals surface area contributed by atoms with Crippen molar-refractivity contribution in [3.63, 3.8) is 0 Å². The summed E-state index contributed by atoms with van der Waals surface area (Å²) in [5.74, 6) is -0.207. The van der Waals surface area contributed by atoms with Crippen LogP contribution in [-0.4, -0.2) is 10.5 Å². The number of aromatic nitrogens is 2. The first-order valence-corrected chi connectivity index (χ1v) is 8.13. The lowest BCUT2D eigenvalue weighted by Gasteiger charge is -2.10.